The van der Waals surface area contributed by atoms with Crippen LogP contribution in [0.25, 0.3) is 10.8 Å². The zero-order chi connectivity index (χ0) is 15.1. The first kappa shape index (κ1) is 15.6. The van der Waals surface area contributed by atoms with Crippen molar-refractivity contribution in [2.24, 2.45) is 11.7 Å². The van der Waals surface area contributed by atoms with Crippen LogP contribution in [-0.2, 0) is 0 Å². The van der Waals surface area contributed by atoms with E-state index in [4.69, 9.17) is 10.5 Å². The van der Waals surface area contributed by atoms with E-state index in [1.165, 1.54) is 18.2 Å². The van der Waals surface area contributed by atoms with Crippen LogP contribution in [0, 0.1) is 5.92 Å². The molecule has 114 valence electrons. The van der Waals surface area contributed by atoms with Crippen molar-refractivity contribution in [3.8, 4) is 5.75 Å². The Morgan fingerprint density at radius 2 is 2.14 bits per heavy atom. The van der Waals surface area contributed by atoms with Crippen LogP contribution in [0.1, 0.15) is 26.2 Å². The summed E-state index contributed by atoms with van der Waals surface area (Å²) in [4.78, 5) is 4.48. The number of ether oxygens (including phenoxy) is 1. The molecule has 2 rings (SSSR count). The number of hydrogen-bond acceptors (Lipinski definition) is 4. The SMILES string of the molecule is CCCC(CCN)CNc1nccc2ccc(OC)cc12. The van der Waals surface area contributed by atoms with Crippen molar-refractivity contribution < 1.29 is 4.74 Å². The van der Waals surface area contributed by atoms with Crippen molar-refractivity contribution in [1.82, 2.24) is 4.98 Å². The fourth-order valence-corrected chi connectivity index (χ4v) is 2.65. The monoisotopic (exact) mass is 287 g/mol. The molecule has 0 amide bonds. The first-order chi connectivity index (χ1) is 10.3. The zero-order valence-electron chi connectivity index (χ0n) is 12.9. The molecule has 0 radical (unpaired) electrons. The molecule has 1 atom stereocenters. The molecule has 1 aromatic heterocycles. The smallest absolute Gasteiger partial charge is 0.133 e. The fraction of sp³-hybridized carbons (Fsp3) is 0.471. The van der Waals surface area contributed by atoms with E-state index < -0.39 is 0 Å². The molecule has 0 saturated heterocycles. The summed E-state index contributed by atoms with van der Waals surface area (Å²) in [5.41, 5.74) is 5.70. The Bertz CT molecular complexity index is 565. The number of pyridine rings is 1. The van der Waals surface area contributed by atoms with Gasteiger partial charge in [-0.05, 0) is 48.9 Å². The summed E-state index contributed by atoms with van der Waals surface area (Å²) in [6.07, 6.45) is 5.27. The van der Waals surface area contributed by atoms with Crippen LogP contribution in [0.2, 0.25) is 0 Å². The molecule has 0 bridgehead atoms. The number of benzene rings is 1. The Morgan fingerprint density at radius 1 is 1.29 bits per heavy atom. The number of nitrogens with two attached hydrogens (primary N) is 1. The minimum Gasteiger partial charge on any atom is -0.497 e. The lowest BCUT2D eigenvalue weighted by Crippen LogP contribution is -2.18. The highest BCUT2D eigenvalue weighted by atomic mass is 16.5. The van der Waals surface area contributed by atoms with Crippen molar-refractivity contribution in [3.63, 3.8) is 0 Å². The van der Waals surface area contributed by atoms with Gasteiger partial charge in [0.05, 0.1) is 7.11 Å². The number of rotatable bonds is 8. The van der Waals surface area contributed by atoms with Gasteiger partial charge < -0.3 is 15.8 Å². The Morgan fingerprint density at radius 3 is 2.86 bits per heavy atom. The van der Waals surface area contributed by atoms with Crippen molar-refractivity contribution in [2.75, 3.05) is 25.5 Å². The number of methoxy groups -OCH3 is 1. The molecule has 2 aromatic rings. The minimum absolute atomic E-state index is 0.600. The predicted molar refractivity (Wildman–Crippen MR) is 88.9 cm³/mol. The van der Waals surface area contributed by atoms with Crippen LogP contribution in [0.15, 0.2) is 30.5 Å². The normalized spacial score (nSPS) is 12.3. The van der Waals surface area contributed by atoms with E-state index in [0.717, 1.165) is 36.5 Å². The van der Waals surface area contributed by atoms with E-state index in [2.05, 4.69) is 23.3 Å². The first-order valence-electron chi connectivity index (χ1n) is 7.65. The second kappa shape index (κ2) is 7.84. The number of hydrogen-bond donors (Lipinski definition) is 2. The Balaban J connectivity index is 2.17. The average molecular weight is 287 g/mol. The zero-order valence-corrected chi connectivity index (χ0v) is 12.9. The van der Waals surface area contributed by atoms with E-state index in [0.29, 0.717) is 5.92 Å². The van der Waals surface area contributed by atoms with Crippen molar-refractivity contribution in [2.45, 2.75) is 26.2 Å². The lowest BCUT2D eigenvalue weighted by molar-refractivity contribution is 0.415. The second-order valence-corrected chi connectivity index (χ2v) is 5.36. The largest absolute Gasteiger partial charge is 0.497 e. The van der Waals surface area contributed by atoms with Gasteiger partial charge in [-0.15, -0.1) is 0 Å². The third kappa shape index (κ3) is 4.08. The van der Waals surface area contributed by atoms with Crippen molar-refractivity contribution in [1.29, 1.82) is 0 Å². The van der Waals surface area contributed by atoms with Gasteiger partial charge in [0.15, 0.2) is 0 Å². The summed E-state index contributed by atoms with van der Waals surface area (Å²) >= 11 is 0. The molecule has 0 aliphatic heterocycles. The lowest BCUT2D eigenvalue weighted by Gasteiger charge is -2.17. The van der Waals surface area contributed by atoms with Crippen LogP contribution >= 0.6 is 0 Å². The molecule has 0 aliphatic rings. The van der Waals surface area contributed by atoms with Crippen LogP contribution in [0.3, 0.4) is 0 Å². The first-order valence-corrected chi connectivity index (χ1v) is 7.65. The van der Waals surface area contributed by atoms with Crippen LogP contribution in [-0.4, -0.2) is 25.2 Å². The number of nitrogens with one attached hydrogen (secondary N) is 1. The third-order valence-corrected chi connectivity index (χ3v) is 3.80. The molecule has 0 spiro atoms. The molecule has 1 aromatic carbocycles. The highest BCUT2D eigenvalue weighted by Crippen LogP contribution is 2.26. The Labute approximate surface area is 126 Å². The maximum Gasteiger partial charge on any atom is 0.133 e. The molecular formula is C17H25N3O. The number of nitrogens with zero attached hydrogens (tertiary/aromatic N) is 1. The van der Waals surface area contributed by atoms with E-state index in [-0.39, 0.29) is 0 Å². The molecule has 0 fully saturated rings. The fourth-order valence-electron chi connectivity index (χ4n) is 2.65. The van der Waals surface area contributed by atoms with Crippen LogP contribution in [0.5, 0.6) is 5.75 Å². The molecule has 0 aliphatic carbocycles. The van der Waals surface area contributed by atoms with Crippen molar-refractivity contribution >= 4 is 16.6 Å². The van der Waals surface area contributed by atoms with E-state index in [9.17, 15) is 0 Å². The van der Waals surface area contributed by atoms with Gasteiger partial charge in [-0.1, -0.05) is 19.4 Å². The molecular weight excluding hydrogens is 262 g/mol. The summed E-state index contributed by atoms with van der Waals surface area (Å²) in [6.45, 7) is 3.86. The predicted octanol–water partition coefficient (Wildman–Crippen LogP) is 3.42. The molecule has 21 heavy (non-hydrogen) atoms. The summed E-state index contributed by atoms with van der Waals surface area (Å²) in [7, 11) is 1.68. The maximum absolute atomic E-state index is 5.70. The molecule has 1 heterocycles. The molecule has 1 unspecified atom stereocenters. The van der Waals surface area contributed by atoms with E-state index in [1.54, 1.807) is 7.11 Å². The minimum atomic E-state index is 0.600. The Hall–Kier alpha value is -1.81. The summed E-state index contributed by atoms with van der Waals surface area (Å²) in [6, 6.07) is 8.08. The van der Waals surface area contributed by atoms with Gasteiger partial charge in [-0.25, -0.2) is 4.98 Å². The van der Waals surface area contributed by atoms with Gasteiger partial charge in [-0.3, -0.25) is 0 Å². The maximum atomic E-state index is 5.70. The summed E-state index contributed by atoms with van der Waals surface area (Å²) in [5, 5.41) is 5.75. The summed E-state index contributed by atoms with van der Waals surface area (Å²) in [5.74, 6) is 2.37. The van der Waals surface area contributed by atoms with Crippen LogP contribution < -0.4 is 15.8 Å². The van der Waals surface area contributed by atoms with Gasteiger partial charge >= 0.3 is 0 Å². The topological polar surface area (TPSA) is 60.2 Å². The molecule has 4 nitrogen and oxygen atoms in total. The number of fused-ring (bicyclic) bond motifs is 1. The number of aromatic nitrogens is 1. The van der Waals surface area contributed by atoms with Crippen molar-refractivity contribution in [3.05, 3.63) is 30.5 Å². The third-order valence-electron chi connectivity index (χ3n) is 3.80. The van der Waals surface area contributed by atoms with Gasteiger partial charge in [0, 0.05) is 18.1 Å². The molecule has 4 heteroatoms. The molecule has 3 N–H and O–H groups in total. The average Bonchev–Trinajstić information content (AvgIpc) is 2.52. The van der Waals surface area contributed by atoms with Gasteiger partial charge in [0.25, 0.3) is 0 Å². The lowest BCUT2D eigenvalue weighted by atomic mass is 10.00. The van der Waals surface area contributed by atoms with E-state index in [1.807, 2.05) is 24.4 Å². The van der Waals surface area contributed by atoms with Gasteiger partial charge in [0.2, 0.25) is 0 Å². The standard InChI is InChI=1S/C17H25N3O/c1-3-4-13(7-9-18)12-20-17-16-11-15(21-2)6-5-14(16)8-10-19-17/h5-6,8,10-11,13H,3-4,7,9,12,18H2,1-2H3,(H,19,20). The van der Waals surface area contributed by atoms with Gasteiger partial charge in [0.1, 0.15) is 11.6 Å². The number of anilines is 1. The highest BCUT2D eigenvalue weighted by Gasteiger charge is 2.09. The summed E-state index contributed by atoms with van der Waals surface area (Å²) < 4.78 is 5.31. The molecule has 0 saturated carbocycles. The van der Waals surface area contributed by atoms with Gasteiger partial charge in [-0.2, -0.15) is 0 Å². The van der Waals surface area contributed by atoms with Crippen LogP contribution in [0.4, 0.5) is 5.82 Å². The Kier molecular flexibility index (Phi) is 5.81. The highest BCUT2D eigenvalue weighted by molar-refractivity contribution is 5.92. The van der Waals surface area contributed by atoms with E-state index >= 15 is 0 Å². The quantitative estimate of drug-likeness (QED) is 0.781. The second-order valence-electron chi connectivity index (χ2n) is 5.36.